The van der Waals surface area contributed by atoms with Crippen LogP contribution in [-0.2, 0) is 16.4 Å². The van der Waals surface area contributed by atoms with Crippen LogP contribution in [0.25, 0.3) is 0 Å². The van der Waals surface area contributed by atoms with Gasteiger partial charge in [-0.05, 0) is 42.3 Å². The van der Waals surface area contributed by atoms with Crippen LogP contribution in [0.4, 0.5) is 5.69 Å². The van der Waals surface area contributed by atoms with Crippen LogP contribution in [-0.4, -0.2) is 8.42 Å². The summed E-state index contributed by atoms with van der Waals surface area (Å²) in [5, 5.41) is 0.709. The van der Waals surface area contributed by atoms with Crippen LogP contribution < -0.4 is 4.72 Å². The summed E-state index contributed by atoms with van der Waals surface area (Å²) < 4.78 is 27.1. The molecular formula is C15H15Cl2NO2S. The summed E-state index contributed by atoms with van der Waals surface area (Å²) in [4.78, 5) is 0.193. The molecule has 0 amide bonds. The molecule has 0 atom stereocenters. The van der Waals surface area contributed by atoms with Gasteiger partial charge in [0.25, 0.3) is 10.0 Å². The van der Waals surface area contributed by atoms with Gasteiger partial charge in [0, 0.05) is 5.02 Å². The van der Waals surface area contributed by atoms with Gasteiger partial charge in [-0.2, -0.15) is 0 Å². The second-order valence-electron chi connectivity index (χ2n) is 4.62. The quantitative estimate of drug-likeness (QED) is 0.851. The molecule has 0 saturated heterocycles. The van der Waals surface area contributed by atoms with Crippen LogP contribution in [0.5, 0.6) is 0 Å². The average Bonchev–Trinajstić information content (AvgIpc) is 2.44. The van der Waals surface area contributed by atoms with Gasteiger partial charge in [0.05, 0.1) is 15.6 Å². The molecule has 0 spiro atoms. The lowest BCUT2D eigenvalue weighted by molar-refractivity contribution is 0.601. The summed E-state index contributed by atoms with van der Waals surface area (Å²) in [6.07, 6.45) is 1.94. The third-order valence-electron chi connectivity index (χ3n) is 2.95. The van der Waals surface area contributed by atoms with Gasteiger partial charge in [0.1, 0.15) is 0 Å². The summed E-state index contributed by atoms with van der Waals surface area (Å²) in [5.41, 5.74) is 1.37. The molecule has 0 radical (unpaired) electrons. The van der Waals surface area contributed by atoms with Crippen molar-refractivity contribution in [1.29, 1.82) is 0 Å². The minimum absolute atomic E-state index is 0.193. The van der Waals surface area contributed by atoms with Crippen LogP contribution in [0.3, 0.4) is 0 Å². The Morgan fingerprint density at radius 2 is 1.71 bits per heavy atom. The van der Waals surface area contributed by atoms with Gasteiger partial charge in [-0.3, -0.25) is 4.72 Å². The molecule has 2 aromatic carbocycles. The molecule has 0 aliphatic carbocycles. The van der Waals surface area contributed by atoms with E-state index in [4.69, 9.17) is 23.2 Å². The van der Waals surface area contributed by atoms with E-state index in [1.807, 2.05) is 12.1 Å². The molecule has 0 aliphatic rings. The molecule has 0 saturated carbocycles. The molecule has 0 unspecified atom stereocenters. The number of hydrogen-bond donors (Lipinski definition) is 1. The number of hydrogen-bond acceptors (Lipinski definition) is 2. The van der Waals surface area contributed by atoms with E-state index in [1.54, 1.807) is 24.3 Å². The minimum Gasteiger partial charge on any atom is -0.278 e. The molecule has 0 fully saturated rings. The van der Waals surface area contributed by atoms with E-state index < -0.39 is 10.0 Å². The van der Waals surface area contributed by atoms with Crippen molar-refractivity contribution in [1.82, 2.24) is 0 Å². The first-order valence-corrected chi connectivity index (χ1v) is 8.73. The van der Waals surface area contributed by atoms with Gasteiger partial charge >= 0.3 is 0 Å². The maximum absolute atomic E-state index is 12.3. The molecule has 0 bridgehead atoms. The fraction of sp³-hybridized carbons (Fsp3) is 0.200. The summed E-state index contributed by atoms with van der Waals surface area (Å²) in [5.74, 6) is 0. The van der Waals surface area contributed by atoms with E-state index in [9.17, 15) is 8.42 Å². The summed E-state index contributed by atoms with van der Waals surface area (Å²) in [6, 6.07) is 11.4. The van der Waals surface area contributed by atoms with Crippen LogP contribution in [0.2, 0.25) is 10.0 Å². The van der Waals surface area contributed by atoms with Gasteiger partial charge in [-0.15, -0.1) is 0 Å². The Morgan fingerprint density at radius 3 is 2.33 bits per heavy atom. The number of halogens is 2. The number of aryl methyl sites for hydroxylation is 1. The highest BCUT2D eigenvalue weighted by Gasteiger charge is 2.15. The lowest BCUT2D eigenvalue weighted by Crippen LogP contribution is -2.13. The van der Waals surface area contributed by atoms with Crippen molar-refractivity contribution in [3.8, 4) is 0 Å². The Labute approximate surface area is 135 Å². The fourth-order valence-corrected chi connectivity index (χ4v) is 3.37. The topological polar surface area (TPSA) is 46.2 Å². The number of nitrogens with one attached hydrogen (secondary N) is 1. The van der Waals surface area contributed by atoms with E-state index >= 15 is 0 Å². The third-order valence-corrected chi connectivity index (χ3v) is 4.89. The molecule has 0 aliphatic heterocycles. The highest BCUT2D eigenvalue weighted by atomic mass is 35.5. The van der Waals surface area contributed by atoms with Crippen LogP contribution in [0, 0.1) is 0 Å². The molecule has 21 heavy (non-hydrogen) atoms. The largest absolute Gasteiger partial charge is 0.278 e. The lowest BCUT2D eigenvalue weighted by Gasteiger charge is -2.10. The van der Waals surface area contributed by atoms with Crippen molar-refractivity contribution in [3.05, 3.63) is 58.1 Å². The predicted octanol–water partition coefficient (Wildman–Crippen LogP) is 4.75. The second-order valence-corrected chi connectivity index (χ2v) is 7.15. The highest BCUT2D eigenvalue weighted by molar-refractivity contribution is 7.92. The smallest absolute Gasteiger partial charge is 0.261 e. The zero-order valence-corrected chi connectivity index (χ0v) is 13.8. The first-order chi connectivity index (χ1) is 9.92. The van der Waals surface area contributed by atoms with E-state index in [1.165, 1.54) is 6.07 Å². The van der Waals surface area contributed by atoms with Crippen LogP contribution in [0.15, 0.2) is 47.4 Å². The van der Waals surface area contributed by atoms with Crippen molar-refractivity contribution in [2.45, 2.75) is 24.7 Å². The molecule has 0 heterocycles. The maximum atomic E-state index is 12.3. The molecule has 112 valence electrons. The Hall–Kier alpha value is -1.23. The third kappa shape index (κ3) is 4.13. The molecular weight excluding hydrogens is 329 g/mol. The summed E-state index contributed by atoms with van der Waals surface area (Å²) in [7, 11) is -3.68. The Bertz CT molecular complexity index is 728. The molecule has 3 nitrogen and oxygen atoms in total. The lowest BCUT2D eigenvalue weighted by atomic mass is 10.1. The SMILES string of the molecule is CCCc1ccc(S(=O)(=O)Nc2cc(Cl)ccc2Cl)cc1. The van der Waals surface area contributed by atoms with Gasteiger partial charge in [0.15, 0.2) is 0 Å². The van der Waals surface area contributed by atoms with Gasteiger partial charge in [-0.25, -0.2) is 8.42 Å². The number of anilines is 1. The minimum atomic E-state index is -3.68. The molecule has 1 N–H and O–H groups in total. The van der Waals surface area contributed by atoms with E-state index in [2.05, 4.69) is 11.6 Å². The number of benzene rings is 2. The highest BCUT2D eigenvalue weighted by Crippen LogP contribution is 2.27. The first kappa shape index (κ1) is 16.1. The maximum Gasteiger partial charge on any atom is 0.261 e. The zero-order chi connectivity index (χ0) is 15.5. The van der Waals surface area contributed by atoms with Gasteiger partial charge < -0.3 is 0 Å². The summed E-state index contributed by atoms with van der Waals surface area (Å²) >= 11 is 11.8. The molecule has 0 aromatic heterocycles. The Morgan fingerprint density at radius 1 is 1.05 bits per heavy atom. The van der Waals surface area contributed by atoms with Crippen molar-refractivity contribution in [3.63, 3.8) is 0 Å². The molecule has 2 aromatic rings. The fourth-order valence-electron chi connectivity index (χ4n) is 1.90. The second kappa shape index (κ2) is 6.69. The van der Waals surface area contributed by atoms with Crippen LogP contribution >= 0.6 is 23.2 Å². The van der Waals surface area contributed by atoms with Crippen molar-refractivity contribution in [2.24, 2.45) is 0 Å². The van der Waals surface area contributed by atoms with E-state index in [0.717, 1.165) is 18.4 Å². The van der Waals surface area contributed by atoms with Crippen LogP contribution in [0.1, 0.15) is 18.9 Å². The van der Waals surface area contributed by atoms with Gasteiger partial charge in [-0.1, -0.05) is 48.7 Å². The molecule has 6 heteroatoms. The zero-order valence-electron chi connectivity index (χ0n) is 11.4. The standard InChI is InChI=1S/C15H15Cl2NO2S/c1-2-3-11-4-7-13(8-5-11)21(19,20)18-15-10-12(16)6-9-14(15)17/h4-10,18H,2-3H2,1H3. The van der Waals surface area contributed by atoms with Crippen molar-refractivity contribution < 1.29 is 8.42 Å². The molecule has 2 rings (SSSR count). The normalized spacial score (nSPS) is 11.4. The predicted molar refractivity (Wildman–Crippen MR) is 87.7 cm³/mol. The summed E-state index contributed by atoms with van der Waals surface area (Å²) in [6.45, 7) is 2.08. The van der Waals surface area contributed by atoms with Crippen molar-refractivity contribution >= 4 is 38.9 Å². The Balaban J connectivity index is 2.27. The number of rotatable bonds is 5. The first-order valence-electron chi connectivity index (χ1n) is 6.49. The van der Waals surface area contributed by atoms with E-state index in [0.29, 0.717) is 10.0 Å². The van der Waals surface area contributed by atoms with E-state index in [-0.39, 0.29) is 10.6 Å². The monoisotopic (exact) mass is 343 g/mol. The Kier molecular flexibility index (Phi) is 5.14. The van der Waals surface area contributed by atoms with Crippen molar-refractivity contribution in [2.75, 3.05) is 4.72 Å². The van der Waals surface area contributed by atoms with Gasteiger partial charge in [0.2, 0.25) is 0 Å². The number of sulfonamides is 1. The average molecular weight is 344 g/mol.